The SMILES string of the molecule is CC1(C)c2ccccc2-c2ccc([N+]3=C4C=CC=C5c6ccc7sc8ccccc8c7c6N(c6ccccc63)C54)cc21. The van der Waals surface area contributed by atoms with Crippen LogP contribution in [0.1, 0.15) is 30.5 Å². The first-order valence-electron chi connectivity index (χ1n) is 14.7. The minimum Gasteiger partial charge on any atom is -0.317 e. The predicted molar refractivity (Wildman–Crippen MR) is 179 cm³/mol. The predicted octanol–water partition coefficient (Wildman–Crippen LogP) is 10.1. The van der Waals surface area contributed by atoms with Crippen LogP contribution in [0.15, 0.2) is 121 Å². The molecule has 42 heavy (non-hydrogen) atoms. The minimum absolute atomic E-state index is 0.0450. The summed E-state index contributed by atoms with van der Waals surface area (Å²) in [6, 6.07) is 38.7. The molecule has 2 aliphatic carbocycles. The quantitative estimate of drug-likeness (QED) is 0.183. The van der Waals surface area contributed by atoms with Gasteiger partial charge in [0.2, 0.25) is 17.1 Å². The van der Waals surface area contributed by atoms with E-state index in [4.69, 9.17) is 0 Å². The van der Waals surface area contributed by atoms with Crippen LogP contribution in [-0.2, 0) is 5.41 Å². The van der Waals surface area contributed by atoms with E-state index in [2.05, 4.69) is 145 Å². The van der Waals surface area contributed by atoms with E-state index in [0.717, 1.165) is 0 Å². The van der Waals surface area contributed by atoms with Gasteiger partial charge in [-0.3, -0.25) is 0 Å². The van der Waals surface area contributed by atoms with E-state index in [1.807, 2.05) is 11.3 Å². The average Bonchev–Trinajstić information content (AvgIpc) is 3.64. The maximum Gasteiger partial charge on any atom is 0.235 e. The Balaban J connectivity index is 1.26. The van der Waals surface area contributed by atoms with Gasteiger partial charge in [-0.2, -0.15) is 4.58 Å². The van der Waals surface area contributed by atoms with E-state index in [9.17, 15) is 0 Å². The van der Waals surface area contributed by atoms with Gasteiger partial charge in [0.1, 0.15) is 11.7 Å². The number of benzene rings is 5. The van der Waals surface area contributed by atoms with Crippen LogP contribution in [0.4, 0.5) is 22.7 Å². The third-order valence-electron chi connectivity index (χ3n) is 9.91. The minimum atomic E-state index is -0.0450. The monoisotopic (exact) mass is 555 g/mol. The highest BCUT2D eigenvalue weighted by Gasteiger charge is 2.49. The first kappa shape index (κ1) is 22.9. The number of hydrogen-bond donors (Lipinski definition) is 0. The fourth-order valence-electron chi connectivity index (χ4n) is 8.08. The van der Waals surface area contributed by atoms with Crippen molar-refractivity contribution in [3.05, 3.63) is 138 Å². The molecule has 5 aromatic carbocycles. The van der Waals surface area contributed by atoms with Crippen molar-refractivity contribution in [2.45, 2.75) is 25.3 Å². The largest absolute Gasteiger partial charge is 0.317 e. The van der Waals surface area contributed by atoms with Crippen molar-refractivity contribution in [2.75, 3.05) is 4.90 Å². The van der Waals surface area contributed by atoms with Crippen LogP contribution in [0.5, 0.6) is 0 Å². The summed E-state index contributed by atoms with van der Waals surface area (Å²) in [5.41, 5.74) is 14.6. The van der Waals surface area contributed by atoms with E-state index < -0.39 is 0 Å². The van der Waals surface area contributed by atoms with Gasteiger partial charge in [0.05, 0.1) is 5.69 Å². The molecule has 0 bridgehead atoms. The van der Waals surface area contributed by atoms with Gasteiger partial charge in [0.15, 0.2) is 0 Å². The van der Waals surface area contributed by atoms with Crippen molar-refractivity contribution in [3.8, 4) is 11.1 Å². The van der Waals surface area contributed by atoms with Crippen molar-refractivity contribution >= 4 is 65.5 Å². The Morgan fingerprint density at radius 2 is 1.52 bits per heavy atom. The molecule has 2 aliphatic heterocycles. The summed E-state index contributed by atoms with van der Waals surface area (Å²) in [6.07, 6.45) is 6.92. The van der Waals surface area contributed by atoms with Crippen molar-refractivity contribution < 1.29 is 0 Å². The number of hydrogen-bond acceptors (Lipinski definition) is 2. The van der Waals surface area contributed by atoms with Crippen LogP contribution < -0.4 is 9.48 Å². The molecule has 3 heterocycles. The second-order valence-corrected chi connectivity index (χ2v) is 13.4. The van der Waals surface area contributed by atoms with Gasteiger partial charge in [0, 0.05) is 55.4 Å². The Morgan fingerprint density at radius 1 is 0.738 bits per heavy atom. The number of thiophene rings is 1. The normalized spacial score (nSPS) is 18.6. The fourth-order valence-corrected chi connectivity index (χ4v) is 9.19. The molecule has 4 aliphatic rings. The zero-order chi connectivity index (χ0) is 27.7. The molecule has 6 aromatic rings. The lowest BCUT2D eigenvalue weighted by molar-refractivity contribution is 0.660. The first-order valence-corrected chi connectivity index (χ1v) is 15.6. The van der Waals surface area contributed by atoms with Gasteiger partial charge in [-0.1, -0.05) is 86.7 Å². The van der Waals surface area contributed by atoms with Gasteiger partial charge in [0.25, 0.3) is 0 Å². The molecule has 3 heteroatoms. The van der Waals surface area contributed by atoms with Gasteiger partial charge in [-0.15, -0.1) is 11.3 Å². The molecule has 1 atom stereocenters. The number of allylic oxidation sites excluding steroid dienone is 2. The van der Waals surface area contributed by atoms with Crippen LogP contribution in [0.3, 0.4) is 0 Å². The van der Waals surface area contributed by atoms with Gasteiger partial charge >= 0.3 is 0 Å². The van der Waals surface area contributed by atoms with E-state index in [1.165, 1.54) is 82.0 Å². The molecule has 0 saturated heterocycles. The smallest absolute Gasteiger partial charge is 0.235 e. The van der Waals surface area contributed by atoms with Crippen molar-refractivity contribution in [2.24, 2.45) is 0 Å². The Kier molecular flexibility index (Phi) is 4.23. The number of nitrogens with zero attached hydrogens (tertiary/aromatic N) is 2. The molecule has 198 valence electrons. The molecular formula is C39H27N2S+. The number of rotatable bonds is 1. The molecule has 2 nitrogen and oxygen atoms in total. The lowest BCUT2D eigenvalue weighted by Gasteiger charge is -2.33. The van der Waals surface area contributed by atoms with E-state index in [0.29, 0.717) is 0 Å². The van der Waals surface area contributed by atoms with Crippen molar-refractivity contribution in [3.63, 3.8) is 0 Å². The van der Waals surface area contributed by atoms with E-state index in [-0.39, 0.29) is 11.5 Å². The van der Waals surface area contributed by atoms with Crippen LogP contribution in [-0.4, -0.2) is 11.8 Å². The van der Waals surface area contributed by atoms with Crippen molar-refractivity contribution in [1.29, 1.82) is 0 Å². The summed E-state index contributed by atoms with van der Waals surface area (Å²) in [4.78, 5) is 2.63. The average molecular weight is 556 g/mol. The summed E-state index contributed by atoms with van der Waals surface area (Å²) in [5.74, 6) is 0. The highest BCUT2D eigenvalue weighted by molar-refractivity contribution is 7.26. The zero-order valence-electron chi connectivity index (χ0n) is 23.4. The van der Waals surface area contributed by atoms with Crippen molar-refractivity contribution in [1.82, 2.24) is 4.58 Å². The van der Waals surface area contributed by atoms with Gasteiger partial charge in [-0.05, 0) is 52.1 Å². The fraction of sp³-hybridized carbons (Fsp3) is 0.103. The first-order chi connectivity index (χ1) is 20.6. The number of para-hydroxylation sites is 2. The lowest BCUT2D eigenvalue weighted by Crippen LogP contribution is -2.43. The molecule has 0 radical (unpaired) electrons. The molecule has 0 fully saturated rings. The molecule has 1 unspecified atom stereocenters. The summed E-state index contributed by atoms with van der Waals surface area (Å²) in [6.45, 7) is 4.73. The molecular weight excluding hydrogens is 529 g/mol. The highest BCUT2D eigenvalue weighted by Crippen LogP contribution is 2.57. The van der Waals surface area contributed by atoms with E-state index >= 15 is 0 Å². The summed E-state index contributed by atoms with van der Waals surface area (Å²) >= 11 is 1.90. The Bertz CT molecular complexity index is 2290. The summed E-state index contributed by atoms with van der Waals surface area (Å²) < 4.78 is 5.22. The topological polar surface area (TPSA) is 6.25 Å². The number of fused-ring (bicyclic) bond motifs is 12. The molecule has 0 spiro atoms. The van der Waals surface area contributed by atoms with Gasteiger partial charge < -0.3 is 4.90 Å². The van der Waals surface area contributed by atoms with Gasteiger partial charge in [-0.25, -0.2) is 0 Å². The van der Waals surface area contributed by atoms with Crippen LogP contribution in [0, 0.1) is 0 Å². The highest BCUT2D eigenvalue weighted by atomic mass is 32.1. The molecule has 0 amide bonds. The Labute approximate surface area is 248 Å². The maximum absolute atomic E-state index is 2.63. The van der Waals surface area contributed by atoms with Crippen LogP contribution in [0.25, 0.3) is 36.9 Å². The summed E-state index contributed by atoms with van der Waals surface area (Å²) in [7, 11) is 0. The standard InChI is InChI=1S/C39H27N2S/c1-39(2)29-13-5-3-10-24(29)25-19-18-23(22-30(25)39)40-31-14-6-7-15-32(31)41-37-26(12-9-16-33(37)40)27-20-21-35-36(38(27)41)28-11-4-8-17-34(28)42-35/h3-22,37H,1-2H3/q+1. The molecule has 10 rings (SSSR count). The van der Waals surface area contributed by atoms with Crippen LogP contribution >= 0.6 is 11.3 Å². The molecule has 0 N–H and O–H groups in total. The van der Waals surface area contributed by atoms with Crippen LogP contribution in [0.2, 0.25) is 0 Å². The Hall–Kier alpha value is -4.73. The second-order valence-electron chi connectivity index (χ2n) is 12.3. The van der Waals surface area contributed by atoms with E-state index in [1.54, 1.807) is 0 Å². The Morgan fingerprint density at radius 3 is 2.48 bits per heavy atom. The number of anilines is 2. The third kappa shape index (κ3) is 2.68. The summed E-state index contributed by atoms with van der Waals surface area (Å²) in [5, 5.41) is 2.73. The maximum atomic E-state index is 2.63. The lowest BCUT2D eigenvalue weighted by atomic mass is 9.82. The molecule has 0 saturated carbocycles. The zero-order valence-corrected chi connectivity index (χ0v) is 24.2. The third-order valence-corrected chi connectivity index (χ3v) is 11.0. The molecule has 1 aromatic heterocycles. The second kappa shape index (κ2) is 7.76.